The predicted octanol–water partition coefficient (Wildman–Crippen LogP) is 2.33. The van der Waals surface area contributed by atoms with Crippen molar-refractivity contribution in [3.63, 3.8) is 0 Å². The topological polar surface area (TPSA) is 57.3 Å². The monoisotopic (exact) mass is 330 g/mol. The number of piperidine rings is 2. The van der Waals surface area contributed by atoms with Gasteiger partial charge in [0.2, 0.25) is 5.91 Å². The van der Waals surface area contributed by atoms with E-state index in [-0.39, 0.29) is 17.4 Å². The number of carbonyl (C=O) groups is 1. The van der Waals surface area contributed by atoms with Crippen molar-refractivity contribution < 1.29 is 4.79 Å². The lowest BCUT2D eigenvalue weighted by Crippen LogP contribution is -2.61. The van der Waals surface area contributed by atoms with E-state index in [1.807, 2.05) is 18.3 Å². The molecule has 0 spiro atoms. The van der Waals surface area contributed by atoms with E-state index in [2.05, 4.69) is 47.4 Å². The Morgan fingerprint density at radius 2 is 1.96 bits per heavy atom. The minimum absolute atomic E-state index is 0.0718. The van der Waals surface area contributed by atoms with E-state index in [4.69, 9.17) is 0 Å². The predicted molar refractivity (Wildman–Crippen MR) is 97.0 cm³/mol. The Morgan fingerprint density at radius 1 is 1.21 bits per heavy atom. The second-order valence-corrected chi connectivity index (χ2v) is 8.17. The van der Waals surface area contributed by atoms with Gasteiger partial charge in [0.1, 0.15) is 5.82 Å². The SMILES string of the molecule is CC(C)(C)[C@@H]1NC(=O)CC[C@H]1NC1CCN(c2ccccn2)CC1. The third-order valence-corrected chi connectivity index (χ3v) is 5.25. The molecule has 24 heavy (non-hydrogen) atoms. The van der Waals surface area contributed by atoms with Crippen molar-refractivity contribution in [3.05, 3.63) is 24.4 Å². The quantitative estimate of drug-likeness (QED) is 0.893. The third kappa shape index (κ3) is 4.07. The molecule has 5 heteroatoms. The maximum absolute atomic E-state index is 11.8. The number of carbonyl (C=O) groups excluding carboxylic acids is 1. The summed E-state index contributed by atoms with van der Waals surface area (Å²) in [6, 6.07) is 7.18. The smallest absolute Gasteiger partial charge is 0.220 e. The highest BCUT2D eigenvalue weighted by molar-refractivity contribution is 5.77. The third-order valence-electron chi connectivity index (χ3n) is 5.25. The number of rotatable bonds is 3. The van der Waals surface area contributed by atoms with Crippen LogP contribution in [0.25, 0.3) is 0 Å². The van der Waals surface area contributed by atoms with Gasteiger partial charge >= 0.3 is 0 Å². The Labute approximate surface area is 145 Å². The van der Waals surface area contributed by atoms with E-state index in [0.29, 0.717) is 18.5 Å². The number of hydrogen-bond acceptors (Lipinski definition) is 4. The van der Waals surface area contributed by atoms with Crippen molar-refractivity contribution in [1.29, 1.82) is 0 Å². The maximum Gasteiger partial charge on any atom is 0.220 e. The minimum Gasteiger partial charge on any atom is -0.357 e. The molecule has 1 amide bonds. The van der Waals surface area contributed by atoms with Crippen LogP contribution in [0, 0.1) is 5.41 Å². The average Bonchev–Trinajstić information content (AvgIpc) is 2.57. The summed E-state index contributed by atoms with van der Waals surface area (Å²) < 4.78 is 0. The molecule has 2 atom stereocenters. The van der Waals surface area contributed by atoms with Gasteiger partial charge in [-0.15, -0.1) is 0 Å². The molecule has 2 fully saturated rings. The molecule has 132 valence electrons. The number of pyridine rings is 1. The summed E-state index contributed by atoms with van der Waals surface area (Å²) in [5.41, 5.74) is 0.0718. The molecular formula is C19H30N4O. The van der Waals surface area contributed by atoms with E-state index in [0.717, 1.165) is 38.2 Å². The number of anilines is 1. The van der Waals surface area contributed by atoms with Gasteiger partial charge in [0, 0.05) is 43.8 Å². The number of hydrogen-bond donors (Lipinski definition) is 2. The van der Waals surface area contributed by atoms with Gasteiger partial charge < -0.3 is 15.5 Å². The molecule has 0 aliphatic carbocycles. The van der Waals surface area contributed by atoms with Gasteiger partial charge in [-0.05, 0) is 36.8 Å². The molecule has 3 heterocycles. The first-order valence-corrected chi connectivity index (χ1v) is 9.15. The van der Waals surface area contributed by atoms with Crippen LogP contribution in [-0.4, -0.2) is 42.1 Å². The molecule has 1 aromatic rings. The van der Waals surface area contributed by atoms with Crippen LogP contribution in [0.2, 0.25) is 0 Å². The molecule has 3 rings (SSSR count). The van der Waals surface area contributed by atoms with Crippen LogP contribution >= 0.6 is 0 Å². The Hall–Kier alpha value is -1.62. The van der Waals surface area contributed by atoms with Crippen molar-refractivity contribution in [3.8, 4) is 0 Å². The second kappa shape index (κ2) is 7.09. The zero-order chi connectivity index (χ0) is 17.2. The lowest BCUT2D eigenvalue weighted by molar-refractivity contribution is -0.125. The zero-order valence-corrected chi connectivity index (χ0v) is 15.1. The fourth-order valence-electron chi connectivity index (χ4n) is 3.92. The van der Waals surface area contributed by atoms with E-state index in [9.17, 15) is 4.79 Å². The molecular weight excluding hydrogens is 300 g/mol. The fraction of sp³-hybridized carbons (Fsp3) is 0.684. The number of aromatic nitrogens is 1. The number of nitrogens with one attached hydrogen (secondary N) is 2. The van der Waals surface area contributed by atoms with Crippen molar-refractivity contribution in [2.24, 2.45) is 5.41 Å². The van der Waals surface area contributed by atoms with Gasteiger partial charge in [-0.25, -0.2) is 4.98 Å². The Kier molecular flexibility index (Phi) is 5.09. The van der Waals surface area contributed by atoms with Crippen LogP contribution in [0.4, 0.5) is 5.82 Å². The summed E-state index contributed by atoms with van der Waals surface area (Å²) >= 11 is 0. The molecule has 0 radical (unpaired) electrons. The van der Waals surface area contributed by atoms with Crippen LogP contribution in [-0.2, 0) is 4.79 Å². The normalized spacial score (nSPS) is 26.3. The molecule has 2 saturated heterocycles. The van der Waals surface area contributed by atoms with Gasteiger partial charge in [0.05, 0.1) is 0 Å². The van der Waals surface area contributed by atoms with Gasteiger partial charge in [-0.2, -0.15) is 0 Å². The summed E-state index contributed by atoms with van der Waals surface area (Å²) in [6.07, 6.45) is 5.68. The maximum atomic E-state index is 11.8. The molecule has 0 aromatic carbocycles. The van der Waals surface area contributed by atoms with Crippen molar-refractivity contribution in [2.45, 2.75) is 64.6 Å². The van der Waals surface area contributed by atoms with Crippen molar-refractivity contribution in [1.82, 2.24) is 15.6 Å². The van der Waals surface area contributed by atoms with E-state index in [1.54, 1.807) is 0 Å². The highest BCUT2D eigenvalue weighted by Crippen LogP contribution is 2.28. The molecule has 2 aliphatic heterocycles. The molecule has 0 bridgehead atoms. The number of nitrogens with zero attached hydrogens (tertiary/aromatic N) is 2. The first-order valence-electron chi connectivity index (χ1n) is 9.15. The van der Waals surface area contributed by atoms with Crippen LogP contribution in [0.3, 0.4) is 0 Å². The minimum atomic E-state index is 0.0718. The van der Waals surface area contributed by atoms with Crippen molar-refractivity contribution >= 4 is 11.7 Å². The van der Waals surface area contributed by atoms with E-state index >= 15 is 0 Å². The Morgan fingerprint density at radius 3 is 2.58 bits per heavy atom. The lowest BCUT2D eigenvalue weighted by Gasteiger charge is -2.44. The molecule has 2 aliphatic rings. The molecule has 0 unspecified atom stereocenters. The van der Waals surface area contributed by atoms with Gasteiger partial charge in [-0.3, -0.25) is 4.79 Å². The van der Waals surface area contributed by atoms with Crippen LogP contribution < -0.4 is 15.5 Å². The van der Waals surface area contributed by atoms with Gasteiger partial charge in [0.25, 0.3) is 0 Å². The van der Waals surface area contributed by atoms with Crippen molar-refractivity contribution in [2.75, 3.05) is 18.0 Å². The fourth-order valence-corrected chi connectivity index (χ4v) is 3.92. The van der Waals surface area contributed by atoms with Gasteiger partial charge in [0.15, 0.2) is 0 Å². The van der Waals surface area contributed by atoms with Crippen LogP contribution in [0.15, 0.2) is 24.4 Å². The molecule has 2 N–H and O–H groups in total. The zero-order valence-electron chi connectivity index (χ0n) is 15.1. The molecule has 0 saturated carbocycles. The molecule has 5 nitrogen and oxygen atoms in total. The average molecular weight is 330 g/mol. The van der Waals surface area contributed by atoms with Gasteiger partial charge in [-0.1, -0.05) is 26.8 Å². The van der Waals surface area contributed by atoms with Crippen LogP contribution in [0.1, 0.15) is 46.5 Å². The Bertz CT molecular complexity index is 546. The second-order valence-electron chi connectivity index (χ2n) is 8.17. The first-order chi connectivity index (χ1) is 11.4. The first kappa shape index (κ1) is 17.2. The summed E-state index contributed by atoms with van der Waals surface area (Å²) in [5.74, 6) is 1.27. The highest BCUT2D eigenvalue weighted by atomic mass is 16.1. The summed E-state index contributed by atoms with van der Waals surface area (Å²) in [5, 5.41) is 7.05. The summed E-state index contributed by atoms with van der Waals surface area (Å²) in [4.78, 5) is 18.6. The van der Waals surface area contributed by atoms with E-state index in [1.165, 1.54) is 0 Å². The lowest BCUT2D eigenvalue weighted by atomic mass is 9.78. The number of amides is 1. The van der Waals surface area contributed by atoms with Crippen LogP contribution in [0.5, 0.6) is 0 Å². The largest absolute Gasteiger partial charge is 0.357 e. The summed E-state index contributed by atoms with van der Waals surface area (Å²) in [7, 11) is 0. The van der Waals surface area contributed by atoms with E-state index < -0.39 is 0 Å². The summed E-state index contributed by atoms with van der Waals surface area (Å²) in [6.45, 7) is 8.70. The molecule has 1 aromatic heterocycles. The standard InChI is InChI=1S/C19H30N4O/c1-19(2,3)18-15(7-8-17(24)22-18)21-14-9-12-23(13-10-14)16-6-4-5-11-20-16/h4-6,11,14-15,18,21H,7-10,12-13H2,1-3H3,(H,22,24)/t15-,18-/m1/s1. The highest BCUT2D eigenvalue weighted by Gasteiger charge is 2.38. The Balaban J connectivity index is 1.56.